The van der Waals surface area contributed by atoms with Gasteiger partial charge in [0.15, 0.2) is 0 Å². The van der Waals surface area contributed by atoms with Crippen LogP contribution in [0.4, 0.5) is 8.78 Å². The van der Waals surface area contributed by atoms with Crippen LogP contribution in [0.15, 0.2) is 53.6 Å². The van der Waals surface area contributed by atoms with Crippen LogP contribution in [0.5, 0.6) is 0 Å². The van der Waals surface area contributed by atoms with Crippen molar-refractivity contribution >= 4 is 10.8 Å². The summed E-state index contributed by atoms with van der Waals surface area (Å²) in [5, 5.41) is 8.66. The van der Waals surface area contributed by atoms with Crippen molar-refractivity contribution in [1.82, 2.24) is 20.2 Å². The third kappa shape index (κ3) is 2.89. The Balaban J connectivity index is 1.80. The van der Waals surface area contributed by atoms with Gasteiger partial charge in [0.25, 0.3) is 5.56 Å². The van der Waals surface area contributed by atoms with Gasteiger partial charge in [0.2, 0.25) is 0 Å². The van der Waals surface area contributed by atoms with Gasteiger partial charge in [0.05, 0.1) is 5.41 Å². The Hall–Kier alpha value is -3.35. The van der Waals surface area contributed by atoms with Crippen LogP contribution in [0.1, 0.15) is 31.7 Å². The maximum Gasteiger partial charge on any atom is 0.252 e. The monoisotopic (exact) mass is 380 g/mol. The van der Waals surface area contributed by atoms with Crippen molar-refractivity contribution < 1.29 is 8.78 Å². The number of hydrogen-bond acceptors (Lipinski definition) is 3. The van der Waals surface area contributed by atoms with Gasteiger partial charge < -0.3 is 9.97 Å². The fourth-order valence-electron chi connectivity index (χ4n) is 3.49. The maximum atomic E-state index is 13.9. The molecule has 1 unspecified atom stereocenters. The van der Waals surface area contributed by atoms with E-state index in [0.29, 0.717) is 39.8 Å². The van der Waals surface area contributed by atoms with Gasteiger partial charge in [-0.05, 0) is 42.5 Å². The van der Waals surface area contributed by atoms with Crippen LogP contribution >= 0.6 is 0 Å². The van der Waals surface area contributed by atoms with E-state index in [1.54, 1.807) is 30.3 Å². The van der Waals surface area contributed by atoms with Crippen LogP contribution in [0.2, 0.25) is 0 Å². The molecule has 0 aliphatic heterocycles. The number of fused-ring (bicyclic) bond motifs is 1. The summed E-state index contributed by atoms with van der Waals surface area (Å²) in [6, 6.07) is 10.6. The van der Waals surface area contributed by atoms with E-state index in [1.807, 2.05) is 13.8 Å². The summed E-state index contributed by atoms with van der Waals surface area (Å²) in [5.41, 5.74) is 0.936. The third-order valence-corrected chi connectivity index (χ3v) is 5.33. The zero-order valence-electron chi connectivity index (χ0n) is 15.4. The number of rotatable bonds is 4. The molecule has 0 saturated carbocycles. The van der Waals surface area contributed by atoms with Gasteiger partial charge in [0, 0.05) is 22.7 Å². The van der Waals surface area contributed by atoms with Gasteiger partial charge in [-0.15, -0.1) is 10.2 Å². The lowest BCUT2D eigenvalue weighted by Gasteiger charge is -2.25. The molecule has 4 aromatic rings. The molecule has 4 rings (SSSR count). The predicted octanol–water partition coefficient (Wildman–Crippen LogP) is 4.31. The van der Waals surface area contributed by atoms with E-state index in [9.17, 15) is 13.6 Å². The normalized spacial score (nSPS) is 13.6. The van der Waals surface area contributed by atoms with Crippen molar-refractivity contribution in [3.63, 3.8) is 0 Å². The van der Waals surface area contributed by atoms with Crippen LogP contribution in [0.3, 0.4) is 0 Å². The lowest BCUT2D eigenvalue weighted by molar-refractivity contribution is 0.509. The molecule has 2 aromatic carbocycles. The molecule has 7 heteroatoms. The van der Waals surface area contributed by atoms with Crippen LogP contribution in [-0.2, 0) is 5.41 Å². The molecule has 2 N–H and O–H groups in total. The van der Waals surface area contributed by atoms with Crippen molar-refractivity contribution in [2.24, 2.45) is 0 Å². The average Bonchev–Trinajstić information content (AvgIpc) is 3.22. The SMILES string of the molecule is CCC(C)(c1nnc[nH]1)c1ccc(-c2ccc3c(F)cc(F)cc3c2)[nH]c1=O. The first-order valence-corrected chi connectivity index (χ1v) is 8.92. The van der Waals surface area contributed by atoms with E-state index in [-0.39, 0.29) is 5.56 Å². The molecular weight excluding hydrogens is 362 g/mol. The Labute approximate surface area is 159 Å². The van der Waals surface area contributed by atoms with Gasteiger partial charge in [-0.3, -0.25) is 4.79 Å². The molecule has 0 spiro atoms. The summed E-state index contributed by atoms with van der Waals surface area (Å²) in [5.74, 6) is -0.641. The molecule has 0 fully saturated rings. The number of pyridine rings is 1. The first-order chi connectivity index (χ1) is 13.4. The second-order valence-corrected chi connectivity index (χ2v) is 6.96. The number of H-pyrrole nitrogens is 2. The highest BCUT2D eigenvalue weighted by atomic mass is 19.1. The van der Waals surface area contributed by atoms with E-state index in [1.165, 1.54) is 12.4 Å². The highest BCUT2D eigenvalue weighted by molar-refractivity contribution is 5.87. The zero-order chi connectivity index (χ0) is 19.9. The van der Waals surface area contributed by atoms with Crippen LogP contribution in [0, 0.1) is 11.6 Å². The minimum atomic E-state index is -0.642. The second-order valence-electron chi connectivity index (χ2n) is 6.96. The summed E-state index contributed by atoms with van der Waals surface area (Å²) in [6.07, 6.45) is 2.14. The van der Waals surface area contributed by atoms with Crippen LogP contribution in [0.25, 0.3) is 22.0 Å². The molecule has 0 aliphatic carbocycles. The van der Waals surface area contributed by atoms with Crippen molar-refractivity contribution in [2.75, 3.05) is 0 Å². The van der Waals surface area contributed by atoms with Gasteiger partial charge in [-0.1, -0.05) is 25.1 Å². The molecule has 0 bridgehead atoms. The maximum absolute atomic E-state index is 13.9. The molecule has 0 radical (unpaired) electrons. The number of hydrogen-bond donors (Lipinski definition) is 2. The Kier molecular flexibility index (Phi) is 4.30. The first-order valence-electron chi connectivity index (χ1n) is 8.92. The summed E-state index contributed by atoms with van der Waals surface area (Å²) in [4.78, 5) is 18.7. The lowest BCUT2D eigenvalue weighted by atomic mass is 9.80. The summed E-state index contributed by atoms with van der Waals surface area (Å²) >= 11 is 0. The average molecular weight is 380 g/mol. The van der Waals surface area contributed by atoms with Crippen LogP contribution < -0.4 is 5.56 Å². The molecule has 2 aromatic heterocycles. The van der Waals surface area contributed by atoms with E-state index in [0.717, 1.165) is 6.07 Å². The Bertz CT molecular complexity index is 1220. The highest BCUT2D eigenvalue weighted by Crippen LogP contribution is 2.31. The largest absolute Gasteiger partial charge is 0.331 e. The van der Waals surface area contributed by atoms with Crippen molar-refractivity contribution in [2.45, 2.75) is 25.7 Å². The zero-order valence-corrected chi connectivity index (χ0v) is 15.4. The van der Waals surface area contributed by atoms with Crippen molar-refractivity contribution in [1.29, 1.82) is 0 Å². The summed E-state index contributed by atoms with van der Waals surface area (Å²) in [6.45, 7) is 3.90. The number of nitrogens with zero attached hydrogens (tertiary/aromatic N) is 2. The van der Waals surface area contributed by atoms with Gasteiger partial charge >= 0.3 is 0 Å². The minimum Gasteiger partial charge on any atom is -0.331 e. The minimum absolute atomic E-state index is 0.247. The van der Waals surface area contributed by atoms with Crippen molar-refractivity contribution in [3.8, 4) is 11.3 Å². The Morgan fingerprint density at radius 1 is 1.11 bits per heavy atom. The smallest absolute Gasteiger partial charge is 0.252 e. The van der Waals surface area contributed by atoms with Gasteiger partial charge in [0.1, 0.15) is 23.8 Å². The number of aromatic nitrogens is 4. The second kappa shape index (κ2) is 6.67. The van der Waals surface area contributed by atoms with Gasteiger partial charge in [-0.2, -0.15) is 0 Å². The summed E-state index contributed by atoms with van der Waals surface area (Å²) < 4.78 is 27.4. The molecule has 5 nitrogen and oxygen atoms in total. The number of aromatic amines is 2. The standard InChI is InChI=1S/C21H18F2N4O/c1-3-21(2,20-24-11-25-27-20)16-6-7-18(26-19(16)28)12-4-5-15-13(8-12)9-14(22)10-17(15)23/h4-11H,3H2,1-2H3,(H,26,28)(H,24,25,27). The molecule has 0 aliphatic rings. The Morgan fingerprint density at radius 2 is 1.93 bits per heavy atom. The third-order valence-electron chi connectivity index (χ3n) is 5.33. The summed E-state index contributed by atoms with van der Waals surface area (Å²) in [7, 11) is 0. The number of nitrogens with one attached hydrogen (secondary N) is 2. The molecule has 0 amide bonds. The molecule has 28 heavy (non-hydrogen) atoms. The quantitative estimate of drug-likeness (QED) is 0.554. The van der Waals surface area contributed by atoms with Crippen molar-refractivity contribution in [3.05, 3.63) is 82.2 Å². The number of benzene rings is 2. The molecule has 1 atom stereocenters. The lowest BCUT2D eigenvalue weighted by Crippen LogP contribution is -2.32. The molecule has 0 saturated heterocycles. The first kappa shape index (κ1) is 18.0. The van der Waals surface area contributed by atoms with Gasteiger partial charge in [-0.25, -0.2) is 8.78 Å². The predicted molar refractivity (Wildman–Crippen MR) is 103 cm³/mol. The molecule has 2 heterocycles. The van der Waals surface area contributed by atoms with E-state index >= 15 is 0 Å². The Morgan fingerprint density at radius 3 is 2.61 bits per heavy atom. The number of halogens is 2. The van der Waals surface area contributed by atoms with Crippen LogP contribution in [-0.4, -0.2) is 20.2 Å². The topological polar surface area (TPSA) is 74.4 Å². The van der Waals surface area contributed by atoms with E-state index < -0.39 is 17.0 Å². The van der Waals surface area contributed by atoms with E-state index in [4.69, 9.17) is 0 Å². The highest BCUT2D eigenvalue weighted by Gasteiger charge is 2.32. The fraction of sp³-hybridized carbons (Fsp3) is 0.190. The molecule has 142 valence electrons. The molecular formula is C21H18F2N4O. The fourth-order valence-corrected chi connectivity index (χ4v) is 3.49. The van der Waals surface area contributed by atoms with E-state index in [2.05, 4.69) is 20.2 Å².